The van der Waals surface area contributed by atoms with Crippen LogP contribution in [-0.2, 0) is 30.4 Å². The van der Waals surface area contributed by atoms with Crippen molar-refractivity contribution in [3.8, 4) is 0 Å². The molecular weight excluding hydrogens is 490 g/mol. The van der Waals surface area contributed by atoms with Gasteiger partial charge in [-0.3, -0.25) is 24.2 Å². The summed E-state index contributed by atoms with van der Waals surface area (Å²) >= 11 is 0. The highest BCUT2D eigenvalue weighted by molar-refractivity contribution is 5.95. The van der Waals surface area contributed by atoms with Crippen LogP contribution in [-0.4, -0.2) is 86.5 Å². The molecule has 1 heterocycles. The summed E-state index contributed by atoms with van der Waals surface area (Å²) in [6, 6.07) is -5.05. The third-order valence-corrected chi connectivity index (χ3v) is 5.15. The Balaban J connectivity index is 2.97. The number of aromatic amines is 1. The second kappa shape index (κ2) is 15.0. The van der Waals surface area contributed by atoms with E-state index in [2.05, 4.69) is 30.9 Å². The maximum atomic E-state index is 13.1. The van der Waals surface area contributed by atoms with E-state index in [1.807, 2.05) is 0 Å². The topological polar surface area (TPSA) is 281 Å². The Morgan fingerprint density at radius 3 is 2.19 bits per heavy atom. The molecular formula is C21H35N9O7. The summed E-state index contributed by atoms with van der Waals surface area (Å²) in [5, 5.41) is 25.7. The number of hydrogen-bond donors (Lipinski definition) is 9. The molecule has 16 nitrogen and oxygen atoms in total. The molecule has 0 saturated heterocycles. The van der Waals surface area contributed by atoms with Gasteiger partial charge in [0, 0.05) is 24.9 Å². The maximum absolute atomic E-state index is 13.1. The SMILES string of the molecule is CC(C)C(NC(=O)C(Cc1cnc[nH]1)NC(=O)C(N)CC(=O)O)C(=O)NC(CCCN=C(N)N)C(=O)O. The highest BCUT2D eigenvalue weighted by Crippen LogP contribution is 2.07. The number of amides is 3. The van der Waals surface area contributed by atoms with Crippen molar-refractivity contribution in [1.29, 1.82) is 0 Å². The molecule has 206 valence electrons. The van der Waals surface area contributed by atoms with E-state index >= 15 is 0 Å². The van der Waals surface area contributed by atoms with Gasteiger partial charge in [0.15, 0.2) is 5.96 Å². The van der Waals surface area contributed by atoms with Crippen molar-refractivity contribution in [2.24, 2.45) is 28.1 Å². The van der Waals surface area contributed by atoms with Gasteiger partial charge in [-0.25, -0.2) is 9.78 Å². The molecule has 12 N–H and O–H groups in total. The number of carbonyl (C=O) groups excluding carboxylic acids is 3. The molecule has 37 heavy (non-hydrogen) atoms. The van der Waals surface area contributed by atoms with Gasteiger partial charge in [-0.05, 0) is 18.8 Å². The highest BCUT2D eigenvalue weighted by Gasteiger charge is 2.32. The van der Waals surface area contributed by atoms with Gasteiger partial charge in [0.2, 0.25) is 17.7 Å². The molecule has 0 bridgehead atoms. The van der Waals surface area contributed by atoms with Gasteiger partial charge < -0.3 is 48.3 Å². The Morgan fingerprint density at radius 1 is 1.03 bits per heavy atom. The summed E-state index contributed by atoms with van der Waals surface area (Å²) < 4.78 is 0. The zero-order valence-corrected chi connectivity index (χ0v) is 20.6. The number of carboxylic acids is 2. The average molecular weight is 526 g/mol. The monoisotopic (exact) mass is 525 g/mol. The fourth-order valence-electron chi connectivity index (χ4n) is 3.20. The average Bonchev–Trinajstić information content (AvgIpc) is 3.30. The number of aromatic nitrogens is 2. The lowest BCUT2D eigenvalue weighted by atomic mass is 10.0. The van der Waals surface area contributed by atoms with E-state index in [0.717, 1.165) is 0 Å². The molecule has 1 aromatic heterocycles. The van der Waals surface area contributed by atoms with Crippen molar-refractivity contribution >= 4 is 35.6 Å². The third-order valence-electron chi connectivity index (χ3n) is 5.15. The lowest BCUT2D eigenvalue weighted by molar-refractivity contribution is -0.142. The van der Waals surface area contributed by atoms with Crippen LogP contribution in [0.15, 0.2) is 17.5 Å². The van der Waals surface area contributed by atoms with Crippen LogP contribution < -0.4 is 33.2 Å². The molecule has 1 aromatic rings. The smallest absolute Gasteiger partial charge is 0.326 e. The van der Waals surface area contributed by atoms with Crippen LogP contribution in [0, 0.1) is 5.92 Å². The van der Waals surface area contributed by atoms with Gasteiger partial charge in [0.05, 0.1) is 18.8 Å². The Morgan fingerprint density at radius 2 is 1.68 bits per heavy atom. The zero-order valence-electron chi connectivity index (χ0n) is 20.6. The number of hydrogen-bond acceptors (Lipinski definition) is 8. The third kappa shape index (κ3) is 11.4. The first kappa shape index (κ1) is 30.8. The minimum atomic E-state index is -1.41. The number of nitrogens with two attached hydrogens (primary N) is 3. The highest BCUT2D eigenvalue weighted by atomic mass is 16.4. The number of H-pyrrole nitrogens is 1. The fraction of sp³-hybridized carbons (Fsp3) is 0.571. The molecule has 0 aliphatic carbocycles. The fourth-order valence-corrected chi connectivity index (χ4v) is 3.20. The van der Waals surface area contributed by atoms with E-state index in [0.29, 0.717) is 5.69 Å². The lowest BCUT2D eigenvalue weighted by Crippen LogP contribution is -2.59. The number of carboxylic acid groups (broad SMARTS) is 2. The molecule has 1 rings (SSSR count). The molecule has 0 aromatic carbocycles. The Bertz CT molecular complexity index is 962. The number of imidazole rings is 1. The lowest BCUT2D eigenvalue weighted by Gasteiger charge is -2.27. The molecule has 0 spiro atoms. The molecule has 0 fully saturated rings. The van der Waals surface area contributed by atoms with Crippen molar-refractivity contribution in [2.45, 2.75) is 63.7 Å². The van der Waals surface area contributed by atoms with Crippen LogP contribution in [0.3, 0.4) is 0 Å². The number of aliphatic imine (C=N–C) groups is 1. The van der Waals surface area contributed by atoms with Gasteiger partial charge in [0.25, 0.3) is 0 Å². The van der Waals surface area contributed by atoms with Gasteiger partial charge in [-0.2, -0.15) is 0 Å². The molecule has 0 saturated carbocycles. The quantitative estimate of drug-likeness (QED) is 0.0595. The van der Waals surface area contributed by atoms with Crippen molar-refractivity contribution in [3.05, 3.63) is 18.2 Å². The van der Waals surface area contributed by atoms with Crippen LogP contribution >= 0.6 is 0 Å². The van der Waals surface area contributed by atoms with E-state index in [-0.39, 0.29) is 31.8 Å². The molecule has 0 aliphatic rings. The summed E-state index contributed by atoms with van der Waals surface area (Å²) in [4.78, 5) is 71.3. The van der Waals surface area contributed by atoms with E-state index in [1.165, 1.54) is 12.5 Å². The van der Waals surface area contributed by atoms with Crippen molar-refractivity contribution in [3.63, 3.8) is 0 Å². The standard InChI is InChI=1S/C21H35N9O7/c1-10(2)16(19(35)28-13(20(36)37)4-3-5-26-21(23)24)30-18(34)14(6-11-8-25-9-27-11)29-17(33)12(22)7-15(31)32/h8-10,12-14,16H,3-7,22H2,1-2H3,(H,25,27)(H,28,35)(H,29,33)(H,30,34)(H,31,32)(H,36,37)(H4,23,24,26). The van der Waals surface area contributed by atoms with Gasteiger partial charge in [-0.15, -0.1) is 0 Å². The van der Waals surface area contributed by atoms with E-state index < -0.39 is 66.2 Å². The second-order valence-electron chi connectivity index (χ2n) is 8.63. The summed E-state index contributed by atoms with van der Waals surface area (Å²) in [6.45, 7) is 3.46. The molecule has 0 aliphatic heterocycles. The minimum absolute atomic E-state index is 0.0383. The predicted octanol–water partition coefficient (Wildman–Crippen LogP) is -3.00. The Hall–Kier alpha value is -4.21. The number of guanidine groups is 1. The van der Waals surface area contributed by atoms with Crippen molar-refractivity contribution in [1.82, 2.24) is 25.9 Å². The molecule has 4 atom stereocenters. The summed E-state index contributed by atoms with van der Waals surface area (Å²) in [6.07, 6.45) is 2.40. The largest absolute Gasteiger partial charge is 0.481 e. The molecule has 0 radical (unpaired) electrons. The predicted molar refractivity (Wildman–Crippen MR) is 131 cm³/mol. The number of rotatable bonds is 16. The molecule has 3 amide bonds. The Labute approximate surface area is 212 Å². The molecule has 4 unspecified atom stereocenters. The van der Waals surface area contributed by atoms with Crippen LogP contribution in [0.1, 0.15) is 38.8 Å². The van der Waals surface area contributed by atoms with Crippen LogP contribution in [0.25, 0.3) is 0 Å². The van der Waals surface area contributed by atoms with E-state index in [1.54, 1.807) is 13.8 Å². The number of carbonyl (C=O) groups is 5. The van der Waals surface area contributed by atoms with Crippen molar-refractivity contribution in [2.75, 3.05) is 6.54 Å². The van der Waals surface area contributed by atoms with E-state index in [4.69, 9.17) is 22.3 Å². The van der Waals surface area contributed by atoms with E-state index in [9.17, 15) is 29.1 Å². The first-order chi connectivity index (χ1) is 17.3. The molecule has 16 heteroatoms. The van der Waals surface area contributed by atoms with Crippen LogP contribution in [0.5, 0.6) is 0 Å². The van der Waals surface area contributed by atoms with Gasteiger partial charge in [-0.1, -0.05) is 13.8 Å². The zero-order chi connectivity index (χ0) is 28.1. The Kier molecular flexibility index (Phi) is 12.5. The van der Waals surface area contributed by atoms with Crippen LogP contribution in [0.2, 0.25) is 0 Å². The maximum Gasteiger partial charge on any atom is 0.326 e. The number of nitrogens with one attached hydrogen (secondary N) is 4. The number of nitrogens with zero attached hydrogens (tertiary/aromatic N) is 2. The van der Waals surface area contributed by atoms with Crippen molar-refractivity contribution < 1.29 is 34.2 Å². The second-order valence-corrected chi connectivity index (χ2v) is 8.63. The normalized spacial score (nSPS) is 14.1. The van der Waals surface area contributed by atoms with Crippen LogP contribution in [0.4, 0.5) is 0 Å². The first-order valence-electron chi connectivity index (χ1n) is 11.5. The first-order valence-corrected chi connectivity index (χ1v) is 11.5. The summed E-state index contributed by atoms with van der Waals surface area (Å²) in [5.74, 6) is -5.55. The van der Waals surface area contributed by atoms with Gasteiger partial charge >= 0.3 is 11.9 Å². The number of aliphatic carboxylic acids is 2. The summed E-state index contributed by atoms with van der Waals surface area (Å²) in [5.41, 5.74) is 16.6. The van der Waals surface area contributed by atoms with Gasteiger partial charge in [0.1, 0.15) is 18.1 Å². The summed E-state index contributed by atoms with van der Waals surface area (Å²) in [7, 11) is 0. The minimum Gasteiger partial charge on any atom is -0.481 e.